The van der Waals surface area contributed by atoms with Crippen molar-refractivity contribution in [2.75, 3.05) is 11.1 Å². The van der Waals surface area contributed by atoms with Gasteiger partial charge in [0.1, 0.15) is 12.1 Å². The first-order valence-electron chi connectivity index (χ1n) is 8.05. The molecule has 4 rings (SSSR count). The van der Waals surface area contributed by atoms with Crippen molar-refractivity contribution in [1.82, 2.24) is 24.6 Å². The number of hydrogen-bond donors (Lipinski definition) is 2. The van der Waals surface area contributed by atoms with Gasteiger partial charge in [-0.15, -0.1) is 5.10 Å². The van der Waals surface area contributed by atoms with Crippen molar-refractivity contribution in [3.63, 3.8) is 0 Å². The molecular formula is C18H22ClN7. The monoisotopic (exact) mass is 371 g/mol. The Bertz CT molecular complexity index is 1070. The molecule has 0 unspecified atom stereocenters. The molecule has 0 bridgehead atoms. The number of fused-ring (bicyclic) bond motifs is 1. The maximum atomic E-state index is 6.08. The molecule has 0 aliphatic rings. The van der Waals surface area contributed by atoms with Crippen molar-refractivity contribution in [1.29, 1.82) is 0 Å². The van der Waals surface area contributed by atoms with Crippen molar-refractivity contribution < 1.29 is 4.28 Å². The Balaban J connectivity index is 0.00000140. The second-order valence-electron chi connectivity index (χ2n) is 5.85. The lowest BCUT2D eigenvalue weighted by Crippen LogP contribution is -2.08. The van der Waals surface area contributed by atoms with Crippen molar-refractivity contribution in [3.8, 4) is 11.3 Å². The van der Waals surface area contributed by atoms with Crippen molar-refractivity contribution in [2.24, 2.45) is 0 Å². The minimum atomic E-state index is 0. The van der Waals surface area contributed by atoms with Gasteiger partial charge in [-0.05, 0) is 30.7 Å². The summed E-state index contributed by atoms with van der Waals surface area (Å²) in [5.41, 5.74) is 9.19. The Kier molecular flexibility index (Phi) is 4.14. The molecule has 0 amide bonds. The number of rotatable bonds is 4. The number of anilines is 2. The van der Waals surface area contributed by atoms with Crippen LogP contribution in [0.2, 0.25) is 5.02 Å². The lowest BCUT2D eigenvalue weighted by Gasteiger charge is -2.15. The van der Waals surface area contributed by atoms with E-state index >= 15 is 0 Å². The quantitative estimate of drug-likeness (QED) is 0.554. The summed E-state index contributed by atoms with van der Waals surface area (Å²) in [7, 11) is 0. The van der Waals surface area contributed by atoms with E-state index in [4.69, 9.17) is 17.3 Å². The van der Waals surface area contributed by atoms with E-state index < -0.39 is 0 Å². The molecule has 1 aromatic carbocycles. The molecule has 0 spiro atoms. The van der Waals surface area contributed by atoms with Gasteiger partial charge in [-0.2, -0.15) is 0 Å². The number of aromatic nitrogens is 5. The van der Waals surface area contributed by atoms with Crippen LogP contribution in [0.25, 0.3) is 16.9 Å². The first kappa shape index (κ1) is 16.3. The number of nitrogens with one attached hydrogen (secondary N) is 1. The Morgan fingerprint density at radius 1 is 1.19 bits per heavy atom. The van der Waals surface area contributed by atoms with Crippen molar-refractivity contribution in [3.05, 3.63) is 65.7 Å². The maximum absolute atomic E-state index is 6.08. The zero-order chi connectivity index (χ0) is 18.1. The van der Waals surface area contributed by atoms with Gasteiger partial charge in [0.2, 0.25) is 0 Å². The van der Waals surface area contributed by atoms with Gasteiger partial charge in [0.15, 0.2) is 11.5 Å². The van der Waals surface area contributed by atoms with Crippen LogP contribution in [0.3, 0.4) is 0 Å². The van der Waals surface area contributed by atoms with Crippen LogP contribution < -0.4 is 11.1 Å². The number of hydrogen-bond acceptors (Lipinski definition) is 6. The molecule has 0 aliphatic heterocycles. The number of halogens is 1. The summed E-state index contributed by atoms with van der Waals surface area (Å²) < 4.78 is 1.64. The zero-order valence-corrected chi connectivity index (χ0v) is 14.7. The van der Waals surface area contributed by atoms with Crippen LogP contribution in [0, 0.1) is 0 Å². The third-order valence-corrected chi connectivity index (χ3v) is 4.33. The minimum Gasteiger partial charge on any atom is -0.382 e. The van der Waals surface area contributed by atoms with Crippen molar-refractivity contribution in [2.45, 2.75) is 13.0 Å². The topological polar surface area (TPSA) is 94.0 Å². The lowest BCUT2D eigenvalue weighted by molar-refractivity contribution is 0.872. The van der Waals surface area contributed by atoms with Crippen LogP contribution in [-0.2, 0) is 0 Å². The average molecular weight is 372 g/mol. The standard InChI is InChI=1S/C18H16ClN7.3H2/c1-11(12-3-5-13(19)6-4-12)24-15-9-14(22-10-23-15)16-17(20)25-26-8-2-7-21-18(16)26;;;/h2-11H,1H3,(H2,20,25)(H,22,23,24);3*1H/t11-;;;/m1.../s1. The Morgan fingerprint density at radius 3 is 2.81 bits per heavy atom. The lowest BCUT2D eigenvalue weighted by atomic mass is 10.1. The van der Waals surface area contributed by atoms with Crippen LogP contribution in [0.4, 0.5) is 11.6 Å². The third kappa shape index (κ3) is 3.04. The van der Waals surface area contributed by atoms with Gasteiger partial charge >= 0.3 is 0 Å². The number of benzene rings is 1. The third-order valence-electron chi connectivity index (χ3n) is 4.08. The van der Waals surface area contributed by atoms with Crippen molar-refractivity contribution >= 4 is 28.9 Å². The molecule has 8 heteroatoms. The highest BCUT2D eigenvalue weighted by molar-refractivity contribution is 6.30. The van der Waals surface area contributed by atoms with Gasteiger partial charge in [0.05, 0.1) is 11.3 Å². The maximum Gasteiger partial charge on any atom is 0.166 e. The number of nitrogens with two attached hydrogens (primary N) is 1. The molecule has 3 heterocycles. The van der Waals surface area contributed by atoms with Crippen LogP contribution in [0.1, 0.15) is 22.8 Å². The van der Waals surface area contributed by atoms with E-state index in [1.54, 1.807) is 23.0 Å². The van der Waals surface area contributed by atoms with Gasteiger partial charge in [0, 0.05) is 33.8 Å². The Morgan fingerprint density at radius 2 is 2.00 bits per heavy atom. The molecule has 7 nitrogen and oxygen atoms in total. The minimum absolute atomic E-state index is 0. The summed E-state index contributed by atoms with van der Waals surface area (Å²) in [5.74, 6) is 1.06. The van der Waals surface area contributed by atoms with Gasteiger partial charge in [-0.1, -0.05) is 23.7 Å². The van der Waals surface area contributed by atoms with Gasteiger partial charge < -0.3 is 11.1 Å². The summed E-state index contributed by atoms with van der Waals surface area (Å²) in [6.45, 7) is 2.05. The smallest absolute Gasteiger partial charge is 0.166 e. The molecule has 3 N–H and O–H groups in total. The fourth-order valence-electron chi connectivity index (χ4n) is 2.78. The molecule has 0 saturated heterocycles. The zero-order valence-electron chi connectivity index (χ0n) is 14.0. The number of nitrogens with zero attached hydrogens (tertiary/aromatic N) is 5. The van der Waals surface area contributed by atoms with Crippen LogP contribution in [0.5, 0.6) is 0 Å². The van der Waals surface area contributed by atoms with Gasteiger partial charge in [0.25, 0.3) is 0 Å². The van der Waals surface area contributed by atoms with Crippen LogP contribution in [0.15, 0.2) is 55.1 Å². The molecule has 3 aromatic heterocycles. The van der Waals surface area contributed by atoms with E-state index in [1.807, 2.05) is 30.3 Å². The molecule has 136 valence electrons. The van der Waals surface area contributed by atoms with E-state index in [1.165, 1.54) is 6.33 Å². The molecule has 0 fully saturated rings. The Hall–Kier alpha value is -3.19. The largest absolute Gasteiger partial charge is 0.382 e. The predicted molar refractivity (Wildman–Crippen MR) is 108 cm³/mol. The van der Waals surface area contributed by atoms with Gasteiger partial charge in [-0.25, -0.2) is 19.5 Å². The van der Waals surface area contributed by atoms with Crippen LogP contribution >= 0.6 is 11.6 Å². The fraction of sp³-hybridized carbons (Fsp3) is 0.111. The molecule has 0 saturated carbocycles. The second-order valence-corrected chi connectivity index (χ2v) is 6.29. The highest BCUT2D eigenvalue weighted by atomic mass is 35.5. The van der Waals surface area contributed by atoms with E-state index in [2.05, 4.69) is 32.3 Å². The summed E-state index contributed by atoms with van der Waals surface area (Å²) in [6, 6.07) is 11.4. The highest BCUT2D eigenvalue weighted by Gasteiger charge is 2.16. The Labute approximate surface area is 159 Å². The van der Waals surface area contributed by atoms with Gasteiger partial charge in [-0.3, -0.25) is 0 Å². The fourth-order valence-corrected chi connectivity index (χ4v) is 2.91. The summed E-state index contributed by atoms with van der Waals surface area (Å²) in [5, 5.41) is 8.35. The first-order valence-corrected chi connectivity index (χ1v) is 8.43. The first-order chi connectivity index (χ1) is 12.6. The second kappa shape index (κ2) is 6.61. The van der Waals surface area contributed by atoms with E-state index in [0.717, 1.165) is 5.56 Å². The summed E-state index contributed by atoms with van der Waals surface area (Å²) >= 11 is 5.95. The summed E-state index contributed by atoms with van der Waals surface area (Å²) in [6.07, 6.45) is 4.99. The molecule has 26 heavy (non-hydrogen) atoms. The molecule has 0 radical (unpaired) electrons. The van der Waals surface area contributed by atoms with E-state index in [0.29, 0.717) is 33.6 Å². The molecule has 0 aliphatic carbocycles. The van der Waals surface area contributed by atoms with Crippen LogP contribution in [-0.4, -0.2) is 24.6 Å². The normalized spacial score (nSPS) is 12.2. The molecule has 1 atom stereocenters. The van der Waals surface area contributed by atoms with E-state index in [-0.39, 0.29) is 10.3 Å². The average Bonchev–Trinajstić information content (AvgIpc) is 2.98. The number of nitrogen functional groups attached to an aromatic ring is 1. The SMILES string of the molecule is C[C@@H](Nc1cc(-c2c(N)nn3cccnc23)ncn1)c1ccc(Cl)cc1.[HH].[HH].[HH]. The summed E-state index contributed by atoms with van der Waals surface area (Å²) in [4.78, 5) is 13.0. The highest BCUT2D eigenvalue weighted by Crippen LogP contribution is 2.29. The van der Waals surface area contributed by atoms with E-state index in [9.17, 15) is 0 Å². The molecule has 4 aromatic rings. The molecular weight excluding hydrogens is 350 g/mol. The predicted octanol–water partition coefficient (Wildman–Crippen LogP) is 4.33.